The molecule has 0 atom stereocenters. The monoisotopic (exact) mass is 390 g/mol. The van der Waals surface area contributed by atoms with Crippen LogP contribution >= 0.6 is 11.6 Å². The molecule has 0 aliphatic heterocycles. The van der Waals surface area contributed by atoms with Gasteiger partial charge in [-0.25, -0.2) is 0 Å². The first-order valence-electron chi connectivity index (χ1n) is 9.04. The van der Waals surface area contributed by atoms with Gasteiger partial charge in [0.1, 0.15) is 0 Å². The fourth-order valence-corrected chi connectivity index (χ4v) is 2.94. The highest BCUT2D eigenvalue weighted by Gasteiger charge is 2.09. The van der Waals surface area contributed by atoms with Gasteiger partial charge in [0.2, 0.25) is 5.96 Å². The molecule has 2 aromatic carbocycles. The van der Waals surface area contributed by atoms with Crippen LogP contribution < -0.4 is 5.32 Å². The molecular formula is C23H23ClN4. The predicted molar refractivity (Wildman–Crippen MR) is 118 cm³/mol. The normalized spacial score (nSPS) is 11.1. The lowest BCUT2D eigenvalue weighted by atomic mass is 10.1. The average molecular weight is 391 g/mol. The number of halogens is 1. The van der Waals surface area contributed by atoms with Crippen molar-refractivity contribution in [2.45, 2.75) is 13.0 Å². The van der Waals surface area contributed by atoms with Gasteiger partial charge in [-0.3, -0.25) is 9.98 Å². The Kier molecular flexibility index (Phi) is 6.82. The van der Waals surface area contributed by atoms with Crippen molar-refractivity contribution in [3.63, 3.8) is 0 Å². The van der Waals surface area contributed by atoms with Crippen LogP contribution in [-0.2, 0) is 13.0 Å². The van der Waals surface area contributed by atoms with E-state index in [4.69, 9.17) is 11.6 Å². The number of nitrogens with zero attached hydrogens (tertiary/aromatic N) is 3. The van der Waals surface area contributed by atoms with Crippen molar-refractivity contribution in [1.29, 1.82) is 0 Å². The van der Waals surface area contributed by atoms with Crippen LogP contribution in [0.3, 0.4) is 0 Å². The molecule has 0 fully saturated rings. The first-order valence-corrected chi connectivity index (χ1v) is 9.42. The molecule has 0 spiro atoms. The van der Waals surface area contributed by atoms with Gasteiger partial charge in [-0.1, -0.05) is 48.5 Å². The third-order valence-electron chi connectivity index (χ3n) is 4.29. The Morgan fingerprint density at radius 2 is 1.79 bits per heavy atom. The summed E-state index contributed by atoms with van der Waals surface area (Å²) in [6.45, 7) is 4.57. The standard InChI is InChI=1S/C23H23ClN4/c1-3-28(17-19-7-11-20(24)12-8-19)23(25-2)27-21-13-9-18(10-14-21)16-22-6-4-5-15-26-22/h3-15H,1,16-17H2,2H3,(H,25,27). The van der Waals surface area contributed by atoms with Crippen LogP contribution in [0.15, 0.2) is 90.7 Å². The number of rotatable bonds is 6. The molecular weight excluding hydrogens is 368 g/mol. The maximum Gasteiger partial charge on any atom is 0.202 e. The number of guanidine groups is 1. The molecule has 5 heteroatoms. The molecule has 1 aromatic heterocycles. The van der Waals surface area contributed by atoms with Gasteiger partial charge in [0.15, 0.2) is 0 Å². The van der Waals surface area contributed by atoms with Gasteiger partial charge < -0.3 is 10.2 Å². The zero-order valence-corrected chi connectivity index (χ0v) is 16.6. The molecule has 3 aromatic rings. The Hall–Kier alpha value is -3.11. The molecule has 0 bridgehead atoms. The first kappa shape index (κ1) is 19.6. The maximum atomic E-state index is 5.97. The zero-order chi connectivity index (χ0) is 19.8. The molecule has 0 radical (unpaired) electrons. The Morgan fingerprint density at radius 1 is 1.07 bits per heavy atom. The summed E-state index contributed by atoms with van der Waals surface area (Å²) < 4.78 is 0. The molecule has 0 unspecified atom stereocenters. The van der Waals surface area contributed by atoms with E-state index in [1.54, 1.807) is 13.2 Å². The number of anilines is 1. The number of hydrogen-bond acceptors (Lipinski definition) is 2. The molecule has 0 aliphatic rings. The summed E-state index contributed by atoms with van der Waals surface area (Å²) >= 11 is 5.97. The molecule has 0 saturated heterocycles. The highest BCUT2D eigenvalue weighted by atomic mass is 35.5. The second-order valence-electron chi connectivity index (χ2n) is 6.30. The summed E-state index contributed by atoms with van der Waals surface area (Å²) in [5.74, 6) is 0.724. The molecule has 1 heterocycles. The minimum absolute atomic E-state index is 0.651. The van der Waals surface area contributed by atoms with Crippen LogP contribution in [0.1, 0.15) is 16.8 Å². The highest BCUT2D eigenvalue weighted by Crippen LogP contribution is 2.15. The third kappa shape index (κ3) is 5.44. The summed E-state index contributed by atoms with van der Waals surface area (Å²) in [5, 5.41) is 4.09. The van der Waals surface area contributed by atoms with Crippen molar-refractivity contribution in [2.24, 2.45) is 4.99 Å². The van der Waals surface area contributed by atoms with E-state index in [0.717, 1.165) is 34.3 Å². The Bertz CT molecular complexity index is 919. The van der Waals surface area contributed by atoms with E-state index in [1.807, 2.05) is 65.7 Å². The van der Waals surface area contributed by atoms with Crippen LogP contribution in [0.4, 0.5) is 5.69 Å². The molecule has 0 aliphatic carbocycles. The minimum atomic E-state index is 0.651. The molecule has 0 amide bonds. The van der Waals surface area contributed by atoms with Crippen molar-refractivity contribution in [3.8, 4) is 0 Å². The van der Waals surface area contributed by atoms with E-state index >= 15 is 0 Å². The number of aromatic nitrogens is 1. The van der Waals surface area contributed by atoms with Gasteiger partial charge in [0.05, 0.1) is 6.54 Å². The van der Waals surface area contributed by atoms with Crippen LogP contribution in [0.2, 0.25) is 5.02 Å². The summed E-state index contributed by atoms with van der Waals surface area (Å²) in [6.07, 6.45) is 4.39. The smallest absolute Gasteiger partial charge is 0.202 e. The Balaban J connectivity index is 1.66. The lowest BCUT2D eigenvalue weighted by Gasteiger charge is -2.23. The maximum absolute atomic E-state index is 5.97. The quantitative estimate of drug-likeness (QED) is 0.454. The summed E-state index contributed by atoms with van der Waals surface area (Å²) in [6, 6.07) is 22.0. The molecule has 1 N–H and O–H groups in total. The zero-order valence-electron chi connectivity index (χ0n) is 15.8. The fourth-order valence-electron chi connectivity index (χ4n) is 2.82. The van der Waals surface area contributed by atoms with Gasteiger partial charge in [-0.15, -0.1) is 0 Å². The van der Waals surface area contributed by atoms with Crippen molar-refractivity contribution in [3.05, 3.63) is 108 Å². The van der Waals surface area contributed by atoms with Crippen LogP contribution in [0, 0.1) is 0 Å². The van der Waals surface area contributed by atoms with Crippen molar-refractivity contribution in [1.82, 2.24) is 9.88 Å². The fraction of sp³-hybridized carbons (Fsp3) is 0.130. The van der Waals surface area contributed by atoms with Gasteiger partial charge in [0, 0.05) is 42.3 Å². The van der Waals surface area contributed by atoms with Gasteiger partial charge in [-0.2, -0.15) is 0 Å². The molecule has 142 valence electrons. The number of aliphatic imine (C=N–C) groups is 1. The molecule has 0 saturated carbocycles. The summed E-state index contributed by atoms with van der Waals surface area (Å²) in [5.41, 5.74) is 4.35. The summed E-state index contributed by atoms with van der Waals surface area (Å²) in [7, 11) is 1.76. The number of benzene rings is 2. The van der Waals surface area contributed by atoms with E-state index in [9.17, 15) is 0 Å². The van der Waals surface area contributed by atoms with Crippen LogP contribution in [0.5, 0.6) is 0 Å². The van der Waals surface area contributed by atoms with E-state index in [-0.39, 0.29) is 0 Å². The van der Waals surface area contributed by atoms with Gasteiger partial charge >= 0.3 is 0 Å². The van der Waals surface area contributed by atoms with E-state index < -0.39 is 0 Å². The number of nitrogens with one attached hydrogen (secondary N) is 1. The van der Waals surface area contributed by atoms with Crippen molar-refractivity contribution >= 4 is 23.2 Å². The first-order chi connectivity index (χ1) is 13.7. The van der Waals surface area contributed by atoms with Gasteiger partial charge in [0.25, 0.3) is 0 Å². The molecule has 28 heavy (non-hydrogen) atoms. The highest BCUT2D eigenvalue weighted by molar-refractivity contribution is 6.30. The molecule has 3 rings (SSSR count). The van der Waals surface area contributed by atoms with Crippen molar-refractivity contribution < 1.29 is 0 Å². The molecule has 4 nitrogen and oxygen atoms in total. The minimum Gasteiger partial charge on any atom is -0.326 e. The number of pyridine rings is 1. The van der Waals surface area contributed by atoms with E-state index in [2.05, 4.69) is 34.0 Å². The lowest BCUT2D eigenvalue weighted by molar-refractivity contribution is 0.551. The topological polar surface area (TPSA) is 40.5 Å². The second-order valence-corrected chi connectivity index (χ2v) is 6.74. The Morgan fingerprint density at radius 3 is 2.39 bits per heavy atom. The van der Waals surface area contributed by atoms with Crippen molar-refractivity contribution in [2.75, 3.05) is 12.4 Å². The second kappa shape index (κ2) is 9.72. The summed E-state index contributed by atoms with van der Waals surface area (Å²) in [4.78, 5) is 10.7. The van der Waals surface area contributed by atoms with Crippen LogP contribution in [-0.4, -0.2) is 22.9 Å². The lowest BCUT2D eigenvalue weighted by Crippen LogP contribution is -2.31. The third-order valence-corrected chi connectivity index (χ3v) is 4.54. The SMILES string of the molecule is C=CN(Cc1ccc(Cl)cc1)C(=NC)Nc1ccc(Cc2ccccn2)cc1. The number of hydrogen-bond donors (Lipinski definition) is 1. The van der Waals surface area contributed by atoms with E-state index in [1.165, 1.54) is 5.56 Å². The average Bonchev–Trinajstić information content (AvgIpc) is 2.74. The van der Waals surface area contributed by atoms with Crippen LogP contribution in [0.25, 0.3) is 0 Å². The van der Waals surface area contributed by atoms with Gasteiger partial charge in [-0.05, 0) is 47.5 Å². The predicted octanol–water partition coefficient (Wildman–Crippen LogP) is 5.37. The van der Waals surface area contributed by atoms with E-state index in [0.29, 0.717) is 6.54 Å². The largest absolute Gasteiger partial charge is 0.326 e. The Labute approximate surface area is 171 Å².